The molecular weight excluding hydrogens is 306 g/mol. The minimum Gasteiger partial charge on any atom is -0.483 e. The van der Waals surface area contributed by atoms with E-state index in [1.165, 1.54) is 0 Å². The third-order valence-electron chi connectivity index (χ3n) is 3.42. The number of primary amides is 1. The van der Waals surface area contributed by atoms with Crippen LogP contribution in [0.1, 0.15) is 5.56 Å². The molecule has 6 nitrogen and oxygen atoms in total. The summed E-state index contributed by atoms with van der Waals surface area (Å²) in [5, 5.41) is 4.00. The zero-order valence-corrected chi connectivity index (χ0v) is 13.3. The molecule has 0 aliphatic carbocycles. The first-order valence-electron chi connectivity index (χ1n) is 7.35. The Morgan fingerprint density at radius 2 is 2.18 bits per heavy atom. The van der Waals surface area contributed by atoms with Gasteiger partial charge in [0.15, 0.2) is 6.61 Å². The molecule has 0 bridgehead atoms. The number of carbonyl (C=O) groups excluding carboxylic acids is 1. The van der Waals surface area contributed by atoms with Crippen molar-refractivity contribution < 1.29 is 14.3 Å². The van der Waals surface area contributed by atoms with Crippen LogP contribution in [-0.2, 0) is 16.1 Å². The highest BCUT2D eigenvalue weighted by molar-refractivity contribution is 6.30. The van der Waals surface area contributed by atoms with Crippen molar-refractivity contribution >= 4 is 17.5 Å². The Morgan fingerprint density at radius 3 is 2.91 bits per heavy atom. The van der Waals surface area contributed by atoms with Gasteiger partial charge in [-0.15, -0.1) is 0 Å². The molecule has 1 aliphatic heterocycles. The molecule has 122 valence electrons. The van der Waals surface area contributed by atoms with E-state index in [0.29, 0.717) is 17.3 Å². The highest BCUT2D eigenvalue weighted by Crippen LogP contribution is 2.22. The molecule has 1 saturated heterocycles. The van der Waals surface area contributed by atoms with Crippen LogP contribution in [0.15, 0.2) is 18.2 Å². The monoisotopic (exact) mass is 327 g/mol. The molecule has 7 heteroatoms. The van der Waals surface area contributed by atoms with Crippen LogP contribution < -0.4 is 15.8 Å². The van der Waals surface area contributed by atoms with Crippen LogP contribution in [0, 0.1) is 0 Å². The van der Waals surface area contributed by atoms with E-state index in [1.807, 2.05) is 6.07 Å². The molecule has 1 heterocycles. The van der Waals surface area contributed by atoms with Crippen molar-refractivity contribution in [2.45, 2.75) is 6.54 Å². The molecule has 0 unspecified atom stereocenters. The number of nitrogens with zero attached hydrogens (tertiary/aromatic N) is 1. The lowest BCUT2D eigenvalue weighted by Gasteiger charge is -2.26. The Labute approximate surface area is 135 Å². The molecule has 22 heavy (non-hydrogen) atoms. The normalized spacial score (nSPS) is 15.7. The Morgan fingerprint density at radius 1 is 1.41 bits per heavy atom. The summed E-state index contributed by atoms with van der Waals surface area (Å²) >= 11 is 6.02. The van der Waals surface area contributed by atoms with Gasteiger partial charge >= 0.3 is 0 Å². The van der Waals surface area contributed by atoms with E-state index in [0.717, 1.165) is 45.0 Å². The van der Waals surface area contributed by atoms with Crippen molar-refractivity contribution in [1.82, 2.24) is 10.2 Å². The van der Waals surface area contributed by atoms with Crippen LogP contribution in [0.5, 0.6) is 5.75 Å². The number of halogens is 1. The van der Waals surface area contributed by atoms with Crippen molar-refractivity contribution in [2.75, 3.05) is 46.0 Å². The lowest BCUT2D eigenvalue weighted by Crippen LogP contribution is -2.40. The SMILES string of the molecule is NC(=O)COc1ccc(Cl)cc1CNCCN1CCOCC1. The van der Waals surface area contributed by atoms with Crippen LogP contribution >= 0.6 is 11.6 Å². The van der Waals surface area contributed by atoms with E-state index in [1.54, 1.807) is 12.1 Å². The predicted molar refractivity (Wildman–Crippen MR) is 85.1 cm³/mol. The molecule has 1 fully saturated rings. The number of carbonyl (C=O) groups is 1. The summed E-state index contributed by atoms with van der Waals surface area (Å²) in [6.45, 7) is 5.89. The Kier molecular flexibility index (Phi) is 6.92. The quantitative estimate of drug-likeness (QED) is 0.685. The summed E-state index contributed by atoms with van der Waals surface area (Å²) < 4.78 is 10.7. The molecule has 1 aromatic carbocycles. The molecule has 0 spiro atoms. The molecule has 3 N–H and O–H groups in total. The third-order valence-corrected chi connectivity index (χ3v) is 3.65. The van der Waals surface area contributed by atoms with Gasteiger partial charge in [-0.25, -0.2) is 0 Å². The number of rotatable bonds is 8. The number of amides is 1. The summed E-state index contributed by atoms with van der Waals surface area (Å²) in [5.41, 5.74) is 6.02. The lowest BCUT2D eigenvalue weighted by molar-refractivity contribution is -0.119. The van der Waals surface area contributed by atoms with E-state index < -0.39 is 5.91 Å². The topological polar surface area (TPSA) is 76.8 Å². The van der Waals surface area contributed by atoms with Gasteiger partial charge in [-0.1, -0.05) is 11.6 Å². The maximum Gasteiger partial charge on any atom is 0.255 e. The first-order chi connectivity index (χ1) is 10.6. The molecule has 1 aromatic rings. The summed E-state index contributed by atoms with van der Waals surface area (Å²) in [6.07, 6.45) is 0. The van der Waals surface area contributed by atoms with Gasteiger partial charge in [0, 0.05) is 43.3 Å². The molecule has 0 saturated carbocycles. The van der Waals surface area contributed by atoms with Gasteiger partial charge in [-0.05, 0) is 18.2 Å². The van der Waals surface area contributed by atoms with Gasteiger partial charge in [0.25, 0.3) is 5.91 Å². The van der Waals surface area contributed by atoms with Crippen molar-refractivity contribution in [3.63, 3.8) is 0 Å². The molecule has 1 aliphatic rings. The fourth-order valence-corrected chi connectivity index (χ4v) is 2.46. The predicted octanol–water partition coefficient (Wildman–Crippen LogP) is 0.626. The number of ether oxygens (including phenoxy) is 2. The second kappa shape index (κ2) is 8.95. The maximum atomic E-state index is 10.8. The van der Waals surface area contributed by atoms with Crippen molar-refractivity contribution in [3.8, 4) is 5.75 Å². The highest BCUT2D eigenvalue weighted by Gasteiger charge is 2.10. The van der Waals surface area contributed by atoms with Gasteiger partial charge in [-0.2, -0.15) is 0 Å². The largest absolute Gasteiger partial charge is 0.483 e. The van der Waals surface area contributed by atoms with Gasteiger partial charge in [-0.3, -0.25) is 9.69 Å². The number of nitrogens with one attached hydrogen (secondary N) is 1. The zero-order chi connectivity index (χ0) is 15.8. The summed E-state index contributed by atoms with van der Waals surface area (Å²) in [7, 11) is 0. The van der Waals surface area contributed by atoms with Gasteiger partial charge in [0.1, 0.15) is 5.75 Å². The van der Waals surface area contributed by atoms with Crippen LogP contribution in [-0.4, -0.2) is 56.8 Å². The van der Waals surface area contributed by atoms with E-state index in [-0.39, 0.29) is 6.61 Å². The van der Waals surface area contributed by atoms with Crippen molar-refractivity contribution in [1.29, 1.82) is 0 Å². The van der Waals surface area contributed by atoms with Gasteiger partial charge in [0.05, 0.1) is 13.2 Å². The molecular formula is C15H22ClN3O3. The lowest BCUT2D eigenvalue weighted by atomic mass is 10.2. The van der Waals surface area contributed by atoms with E-state index >= 15 is 0 Å². The average molecular weight is 328 g/mol. The maximum absolute atomic E-state index is 10.8. The summed E-state index contributed by atoms with van der Waals surface area (Å²) in [5.74, 6) is 0.128. The number of hydrogen-bond donors (Lipinski definition) is 2. The summed E-state index contributed by atoms with van der Waals surface area (Å²) in [6, 6.07) is 5.32. The van der Waals surface area contributed by atoms with Crippen molar-refractivity contribution in [3.05, 3.63) is 28.8 Å². The van der Waals surface area contributed by atoms with E-state index in [9.17, 15) is 4.79 Å². The van der Waals surface area contributed by atoms with Crippen LogP contribution in [0.3, 0.4) is 0 Å². The fraction of sp³-hybridized carbons (Fsp3) is 0.533. The second-order valence-corrected chi connectivity index (χ2v) is 5.57. The van der Waals surface area contributed by atoms with Gasteiger partial charge < -0.3 is 20.5 Å². The molecule has 1 amide bonds. The minimum atomic E-state index is -0.499. The molecule has 0 aromatic heterocycles. The minimum absolute atomic E-state index is 0.136. The second-order valence-electron chi connectivity index (χ2n) is 5.14. The van der Waals surface area contributed by atoms with Gasteiger partial charge in [0.2, 0.25) is 0 Å². The first-order valence-corrected chi connectivity index (χ1v) is 7.73. The number of nitrogens with two attached hydrogens (primary N) is 1. The molecule has 0 radical (unpaired) electrons. The highest BCUT2D eigenvalue weighted by atomic mass is 35.5. The van der Waals surface area contributed by atoms with Crippen LogP contribution in [0.4, 0.5) is 0 Å². The Hall–Kier alpha value is -1.34. The van der Waals surface area contributed by atoms with Crippen LogP contribution in [0.2, 0.25) is 5.02 Å². The van der Waals surface area contributed by atoms with Crippen molar-refractivity contribution in [2.24, 2.45) is 5.73 Å². The van der Waals surface area contributed by atoms with E-state index in [2.05, 4.69) is 10.2 Å². The Balaban J connectivity index is 1.79. The number of hydrogen-bond acceptors (Lipinski definition) is 5. The number of benzene rings is 1. The molecule has 2 rings (SSSR count). The first kappa shape index (κ1) is 17.0. The third kappa shape index (κ3) is 5.81. The zero-order valence-electron chi connectivity index (χ0n) is 12.5. The van der Waals surface area contributed by atoms with E-state index in [4.69, 9.17) is 26.8 Å². The standard InChI is InChI=1S/C15H22ClN3O3/c16-13-1-2-14(22-11-15(17)20)12(9-13)10-18-3-4-19-5-7-21-8-6-19/h1-2,9,18H,3-8,10-11H2,(H2,17,20). The summed E-state index contributed by atoms with van der Waals surface area (Å²) in [4.78, 5) is 13.2. The molecule has 0 atom stereocenters. The average Bonchev–Trinajstić information content (AvgIpc) is 2.51. The fourth-order valence-electron chi connectivity index (χ4n) is 2.26. The van der Waals surface area contributed by atoms with Crippen LogP contribution in [0.25, 0.3) is 0 Å². The Bertz CT molecular complexity index is 493. The smallest absolute Gasteiger partial charge is 0.255 e. The number of morpholine rings is 1.